The van der Waals surface area contributed by atoms with Gasteiger partial charge in [-0.2, -0.15) is 0 Å². The molecule has 0 fully saturated rings. The molecule has 2 nitrogen and oxygen atoms in total. The SMILES string of the molecule is CCc1ccc(CNC2=NCC(C(CC)CC)S2)s1. The minimum Gasteiger partial charge on any atom is -0.360 e. The van der Waals surface area contributed by atoms with Gasteiger partial charge < -0.3 is 5.32 Å². The molecule has 1 aliphatic heterocycles. The smallest absolute Gasteiger partial charge is 0.157 e. The van der Waals surface area contributed by atoms with Crippen molar-refractivity contribution in [3.8, 4) is 0 Å². The summed E-state index contributed by atoms with van der Waals surface area (Å²) in [6.07, 6.45) is 3.67. The van der Waals surface area contributed by atoms with Crippen LogP contribution in [0.1, 0.15) is 43.4 Å². The molecule has 1 atom stereocenters. The number of nitrogens with zero attached hydrogens (tertiary/aromatic N) is 1. The van der Waals surface area contributed by atoms with Gasteiger partial charge in [0.2, 0.25) is 0 Å². The van der Waals surface area contributed by atoms with Gasteiger partial charge in [-0.05, 0) is 24.5 Å². The summed E-state index contributed by atoms with van der Waals surface area (Å²) in [5.74, 6) is 0.807. The Morgan fingerprint density at radius 2 is 2.00 bits per heavy atom. The van der Waals surface area contributed by atoms with Gasteiger partial charge in [-0.1, -0.05) is 45.4 Å². The standard InChI is InChI=1S/C15H24N2S2/c1-4-11(5-2)14-10-17-15(19-14)16-9-13-8-7-12(6-3)18-13/h7-8,11,14H,4-6,9-10H2,1-3H3,(H,16,17). The lowest BCUT2D eigenvalue weighted by molar-refractivity contribution is 0.479. The minimum absolute atomic E-state index is 0.687. The zero-order chi connectivity index (χ0) is 13.7. The topological polar surface area (TPSA) is 24.4 Å². The van der Waals surface area contributed by atoms with Gasteiger partial charge in [-0.25, -0.2) is 0 Å². The summed E-state index contributed by atoms with van der Waals surface area (Å²) in [4.78, 5) is 7.52. The van der Waals surface area contributed by atoms with Crippen LogP contribution in [0.15, 0.2) is 17.1 Å². The highest BCUT2D eigenvalue weighted by Gasteiger charge is 2.25. The van der Waals surface area contributed by atoms with E-state index in [1.165, 1.54) is 22.6 Å². The molecular weight excluding hydrogens is 272 g/mol. The summed E-state index contributed by atoms with van der Waals surface area (Å²) < 4.78 is 0. The summed E-state index contributed by atoms with van der Waals surface area (Å²) >= 11 is 3.85. The highest BCUT2D eigenvalue weighted by Crippen LogP contribution is 2.30. The summed E-state index contributed by atoms with van der Waals surface area (Å²) in [5, 5.41) is 5.32. The zero-order valence-corrected chi connectivity index (χ0v) is 13.7. The first-order valence-electron chi connectivity index (χ1n) is 7.29. The van der Waals surface area contributed by atoms with Crippen LogP contribution in [0.4, 0.5) is 0 Å². The van der Waals surface area contributed by atoms with E-state index in [9.17, 15) is 0 Å². The second-order valence-electron chi connectivity index (χ2n) is 4.95. The van der Waals surface area contributed by atoms with Crippen LogP contribution in [0.2, 0.25) is 0 Å². The number of thiophene rings is 1. The number of hydrogen-bond acceptors (Lipinski definition) is 4. The largest absolute Gasteiger partial charge is 0.360 e. The molecule has 0 saturated heterocycles. The van der Waals surface area contributed by atoms with Crippen LogP contribution in [0, 0.1) is 5.92 Å². The van der Waals surface area contributed by atoms with Gasteiger partial charge in [0.05, 0.1) is 13.1 Å². The monoisotopic (exact) mass is 296 g/mol. The molecule has 1 aliphatic rings. The Balaban J connectivity index is 1.78. The van der Waals surface area contributed by atoms with E-state index in [1.54, 1.807) is 0 Å². The van der Waals surface area contributed by atoms with Crippen molar-refractivity contribution in [1.29, 1.82) is 0 Å². The molecular formula is C15H24N2S2. The van der Waals surface area contributed by atoms with Crippen LogP contribution >= 0.6 is 23.1 Å². The number of aryl methyl sites for hydroxylation is 1. The van der Waals surface area contributed by atoms with Gasteiger partial charge in [0.1, 0.15) is 0 Å². The van der Waals surface area contributed by atoms with Crippen molar-refractivity contribution in [2.75, 3.05) is 6.54 Å². The summed E-state index contributed by atoms with van der Waals surface area (Å²) in [5.41, 5.74) is 0. The zero-order valence-electron chi connectivity index (χ0n) is 12.1. The Labute approximate surface area is 125 Å². The maximum Gasteiger partial charge on any atom is 0.157 e. The third-order valence-electron chi connectivity index (χ3n) is 3.73. The molecule has 0 saturated carbocycles. The van der Waals surface area contributed by atoms with Crippen LogP contribution in [-0.2, 0) is 13.0 Å². The Morgan fingerprint density at radius 1 is 1.26 bits per heavy atom. The molecule has 0 amide bonds. The molecule has 0 aromatic carbocycles. The van der Waals surface area contributed by atoms with Crippen molar-refractivity contribution in [3.05, 3.63) is 21.9 Å². The van der Waals surface area contributed by atoms with Crippen molar-refractivity contribution in [2.24, 2.45) is 10.9 Å². The molecule has 1 N–H and O–H groups in total. The van der Waals surface area contributed by atoms with E-state index in [2.05, 4.69) is 43.2 Å². The third kappa shape index (κ3) is 3.99. The maximum absolute atomic E-state index is 4.65. The van der Waals surface area contributed by atoms with Gasteiger partial charge in [-0.3, -0.25) is 4.99 Å². The van der Waals surface area contributed by atoms with Gasteiger partial charge >= 0.3 is 0 Å². The molecule has 0 spiro atoms. The molecule has 0 bridgehead atoms. The van der Waals surface area contributed by atoms with E-state index in [4.69, 9.17) is 0 Å². The summed E-state index contributed by atoms with van der Waals surface area (Å²) in [6, 6.07) is 4.47. The van der Waals surface area contributed by atoms with Crippen LogP contribution < -0.4 is 5.32 Å². The molecule has 0 radical (unpaired) electrons. The van der Waals surface area contributed by atoms with Crippen molar-refractivity contribution in [3.63, 3.8) is 0 Å². The first-order valence-corrected chi connectivity index (χ1v) is 8.98. The second-order valence-corrected chi connectivity index (χ2v) is 7.43. The predicted molar refractivity (Wildman–Crippen MR) is 88.3 cm³/mol. The fourth-order valence-electron chi connectivity index (χ4n) is 2.42. The van der Waals surface area contributed by atoms with E-state index in [-0.39, 0.29) is 0 Å². The van der Waals surface area contributed by atoms with Gasteiger partial charge in [0.15, 0.2) is 5.17 Å². The van der Waals surface area contributed by atoms with E-state index < -0.39 is 0 Å². The molecule has 2 rings (SSSR count). The average molecular weight is 297 g/mol. The molecule has 0 aliphatic carbocycles. The number of aliphatic imine (C=N–C) groups is 1. The van der Waals surface area contributed by atoms with Gasteiger partial charge in [-0.15, -0.1) is 11.3 Å². The number of hydrogen-bond donors (Lipinski definition) is 1. The van der Waals surface area contributed by atoms with Crippen LogP contribution in [0.3, 0.4) is 0 Å². The fraction of sp³-hybridized carbons (Fsp3) is 0.667. The first kappa shape index (κ1) is 14.9. The van der Waals surface area contributed by atoms with Crippen molar-refractivity contribution in [1.82, 2.24) is 5.32 Å². The van der Waals surface area contributed by atoms with Gasteiger partial charge in [0, 0.05) is 15.0 Å². The average Bonchev–Trinajstić information content (AvgIpc) is 3.06. The summed E-state index contributed by atoms with van der Waals surface area (Å²) in [6.45, 7) is 8.70. The number of nitrogens with one attached hydrogen (secondary N) is 1. The molecule has 4 heteroatoms. The highest BCUT2D eigenvalue weighted by atomic mass is 32.2. The predicted octanol–water partition coefficient (Wildman–Crippen LogP) is 4.31. The number of amidine groups is 1. The van der Waals surface area contributed by atoms with E-state index in [0.29, 0.717) is 5.25 Å². The van der Waals surface area contributed by atoms with Gasteiger partial charge in [0.25, 0.3) is 0 Å². The van der Waals surface area contributed by atoms with Crippen LogP contribution in [-0.4, -0.2) is 17.0 Å². The molecule has 106 valence electrons. The quantitative estimate of drug-likeness (QED) is 0.846. The number of thioether (sulfide) groups is 1. The minimum atomic E-state index is 0.687. The maximum atomic E-state index is 4.65. The molecule has 1 unspecified atom stereocenters. The normalized spacial score (nSPS) is 18.9. The van der Waals surface area contributed by atoms with Crippen molar-refractivity contribution < 1.29 is 0 Å². The van der Waals surface area contributed by atoms with Crippen molar-refractivity contribution in [2.45, 2.75) is 51.8 Å². The van der Waals surface area contributed by atoms with E-state index in [0.717, 1.165) is 30.6 Å². The van der Waals surface area contributed by atoms with Crippen molar-refractivity contribution >= 4 is 28.3 Å². The van der Waals surface area contributed by atoms with Crippen LogP contribution in [0.5, 0.6) is 0 Å². The molecule has 2 heterocycles. The third-order valence-corrected chi connectivity index (χ3v) is 6.29. The van der Waals surface area contributed by atoms with Crippen LogP contribution in [0.25, 0.3) is 0 Å². The Hall–Kier alpha value is -0.480. The lowest BCUT2D eigenvalue weighted by Crippen LogP contribution is -2.21. The van der Waals surface area contributed by atoms with E-state index >= 15 is 0 Å². The number of rotatable bonds is 6. The Kier molecular flexibility index (Phi) is 5.76. The summed E-state index contributed by atoms with van der Waals surface area (Å²) in [7, 11) is 0. The lowest BCUT2D eigenvalue weighted by Gasteiger charge is -2.18. The fourth-order valence-corrected chi connectivity index (χ4v) is 4.63. The molecule has 1 aromatic rings. The highest BCUT2D eigenvalue weighted by molar-refractivity contribution is 8.14. The second kappa shape index (κ2) is 7.34. The lowest BCUT2D eigenvalue weighted by atomic mass is 9.99. The molecule has 1 aromatic heterocycles. The Bertz CT molecular complexity index is 422. The first-order chi connectivity index (χ1) is 9.26. The molecule has 19 heavy (non-hydrogen) atoms. The van der Waals surface area contributed by atoms with E-state index in [1.807, 2.05) is 23.1 Å². The Morgan fingerprint density at radius 3 is 2.63 bits per heavy atom.